The van der Waals surface area contributed by atoms with E-state index in [1.807, 2.05) is 6.92 Å². The first-order chi connectivity index (χ1) is 13.0. The maximum atomic E-state index is 11.9. The van der Waals surface area contributed by atoms with E-state index in [-0.39, 0.29) is 6.42 Å². The number of anilines is 1. The molecule has 0 unspecified atom stereocenters. The van der Waals surface area contributed by atoms with Crippen LogP contribution in [0.4, 0.5) is 5.69 Å². The van der Waals surface area contributed by atoms with Crippen LogP contribution in [-0.4, -0.2) is 31.7 Å². The number of rotatable bonds is 8. The monoisotopic (exact) mass is 389 g/mol. The van der Waals surface area contributed by atoms with E-state index in [1.54, 1.807) is 49.6 Å². The van der Waals surface area contributed by atoms with Gasteiger partial charge < -0.3 is 14.8 Å². The Morgan fingerprint density at radius 1 is 1.15 bits per heavy atom. The van der Waals surface area contributed by atoms with Gasteiger partial charge in [0.1, 0.15) is 6.42 Å². The van der Waals surface area contributed by atoms with Gasteiger partial charge in [-0.3, -0.25) is 9.59 Å². The van der Waals surface area contributed by atoms with Crippen molar-refractivity contribution in [3.8, 4) is 11.5 Å². The van der Waals surface area contributed by atoms with Gasteiger partial charge in [-0.1, -0.05) is 23.7 Å². The van der Waals surface area contributed by atoms with Crippen molar-refractivity contribution >= 4 is 35.3 Å². The predicted molar refractivity (Wildman–Crippen MR) is 105 cm³/mol. The first kappa shape index (κ1) is 20.3. The number of ether oxygens (including phenoxy) is 2. The first-order valence-electron chi connectivity index (χ1n) is 8.20. The molecular formula is C19H20ClN3O4. The summed E-state index contributed by atoms with van der Waals surface area (Å²) in [4.78, 5) is 23.7. The summed E-state index contributed by atoms with van der Waals surface area (Å²) in [6, 6.07) is 12.0. The van der Waals surface area contributed by atoms with Crippen molar-refractivity contribution in [1.29, 1.82) is 0 Å². The lowest BCUT2D eigenvalue weighted by Gasteiger charge is -2.09. The molecule has 142 valence electrons. The van der Waals surface area contributed by atoms with E-state index in [9.17, 15) is 9.59 Å². The van der Waals surface area contributed by atoms with Gasteiger partial charge in [0.25, 0.3) is 0 Å². The van der Waals surface area contributed by atoms with E-state index in [0.717, 1.165) is 0 Å². The highest BCUT2D eigenvalue weighted by molar-refractivity contribution is 6.33. The van der Waals surface area contributed by atoms with Gasteiger partial charge >= 0.3 is 0 Å². The second-order valence-electron chi connectivity index (χ2n) is 5.34. The number of nitrogens with zero attached hydrogens (tertiary/aromatic N) is 1. The van der Waals surface area contributed by atoms with Crippen molar-refractivity contribution in [3.63, 3.8) is 0 Å². The molecule has 2 amide bonds. The molecule has 0 aliphatic heterocycles. The van der Waals surface area contributed by atoms with E-state index < -0.39 is 11.8 Å². The fraction of sp³-hybridized carbons (Fsp3) is 0.211. The summed E-state index contributed by atoms with van der Waals surface area (Å²) >= 11 is 5.96. The minimum absolute atomic E-state index is 0.380. The Balaban J connectivity index is 1.88. The Labute approximate surface area is 162 Å². The summed E-state index contributed by atoms with van der Waals surface area (Å²) in [6.45, 7) is 2.36. The molecule has 0 aliphatic carbocycles. The highest BCUT2D eigenvalue weighted by atomic mass is 35.5. The zero-order chi connectivity index (χ0) is 19.6. The van der Waals surface area contributed by atoms with Gasteiger partial charge in [0.05, 0.1) is 30.6 Å². The van der Waals surface area contributed by atoms with Gasteiger partial charge in [0.15, 0.2) is 11.5 Å². The van der Waals surface area contributed by atoms with Crippen LogP contribution < -0.4 is 20.2 Å². The fourth-order valence-electron chi connectivity index (χ4n) is 2.16. The Morgan fingerprint density at radius 2 is 1.93 bits per heavy atom. The van der Waals surface area contributed by atoms with Crippen LogP contribution in [-0.2, 0) is 9.59 Å². The Hall–Kier alpha value is -3.06. The van der Waals surface area contributed by atoms with Crippen LogP contribution in [0.3, 0.4) is 0 Å². The number of hydrazone groups is 1. The second kappa shape index (κ2) is 10.2. The summed E-state index contributed by atoms with van der Waals surface area (Å²) in [6.07, 6.45) is 1.07. The molecular weight excluding hydrogens is 370 g/mol. The van der Waals surface area contributed by atoms with E-state index in [4.69, 9.17) is 21.1 Å². The minimum atomic E-state index is -0.547. The Morgan fingerprint density at radius 3 is 2.63 bits per heavy atom. The molecule has 8 heteroatoms. The SMILES string of the molecule is CCOc1cc(C=NNC(=O)CC(=O)Nc2ccccc2Cl)ccc1OC. The zero-order valence-electron chi connectivity index (χ0n) is 15.0. The normalized spacial score (nSPS) is 10.5. The van der Waals surface area contributed by atoms with Gasteiger partial charge in [-0.05, 0) is 42.8 Å². The van der Waals surface area contributed by atoms with Crippen molar-refractivity contribution < 1.29 is 19.1 Å². The molecule has 0 heterocycles. The predicted octanol–water partition coefficient (Wildman–Crippen LogP) is 3.23. The third kappa shape index (κ3) is 6.31. The number of benzene rings is 2. The number of amides is 2. The van der Waals surface area contributed by atoms with Crippen LogP contribution in [0, 0.1) is 0 Å². The largest absolute Gasteiger partial charge is 0.493 e. The zero-order valence-corrected chi connectivity index (χ0v) is 15.7. The molecule has 0 saturated carbocycles. The van der Waals surface area contributed by atoms with Gasteiger partial charge in [-0.2, -0.15) is 5.10 Å². The quantitative estimate of drug-likeness (QED) is 0.412. The number of methoxy groups -OCH3 is 1. The molecule has 2 aromatic rings. The van der Waals surface area contributed by atoms with Crippen LogP contribution in [0.5, 0.6) is 11.5 Å². The number of halogens is 1. The first-order valence-corrected chi connectivity index (χ1v) is 8.58. The molecule has 0 bridgehead atoms. The fourth-order valence-corrected chi connectivity index (χ4v) is 2.35. The molecule has 0 saturated heterocycles. The average molecular weight is 390 g/mol. The second-order valence-corrected chi connectivity index (χ2v) is 5.75. The van der Waals surface area contributed by atoms with E-state index in [0.29, 0.717) is 34.4 Å². The molecule has 0 spiro atoms. The lowest BCUT2D eigenvalue weighted by atomic mass is 10.2. The minimum Gasteiger partial charge on any atom is -0.493 e. The maximum absolute atomic E-state index is 11.9. The van der Waals surface area contributed by atoms with Gasteiger partial charge in [0.2, 0.25) is 11.8 Å². The molecule has 27 heavy (non-hydrogen) atoms. The Kier molecular flexibility index (Phi) is 7.63. The smallest absolute Gasteiger partial charge is 0.249 e. The number of hydrogen-bond acceptors (Lipinski definition) is 5. The van der Waals surface area contributed by atoms with Gasteiger partial charge in [-0.15, -0.1) is 0 Å². The number of carbonyl (C=O) groups is 2. The maximum Gasteiger partial charge on any atom is 0.249 e. The molecule has 0 radical (unpaired) electrons. The molecule has 7 nitrogen and oxygen atoms in total. The molecule has 0 aromatic heterocycles. The van der Waals surface area contributed by atoms with Crippen LogP contribution in [0.25, 0.3) is 0 Å². The number of carbonyl (C=O) groups excluding carboxylic acids is 2. The standard InChI is InChI=1S/C19H20ClN3O4/c1-3-27-17-10-13(8-9-16(17)26-2)12-21-23-19(25)11-18(24)22-15-7-5-4-6-14(15)20/h4-10,12H,3,11H2,1-2H3,(H,22,24)(H,23,25). The van der Waals surface area contributed by atoms with E-state index in [1.165, 1.54) is 6.21 Å². The Bertz CT molecular complexity index is 839. The molecule has 0 atom stereocenters. The number of para-hydroxylation sites is 1. The van der Waals surface area contributed by atoms with Crippen LogP contribution in [0.15, 0.2) is 47.6 Å². The van der Waals surface area contributed by atoms with E-state index in [2.05, 4.69) is 15.8 Å². The average Bonchev–Trinajstić information content (AvgIpc) is 2.64. The van der Waals surface area contributed by atoms with Gasteiger partial charge in [0, 0.05) is 0 Å². The summed E-state index contributed by atoms with van der Waals surface area (Å²) < 4.78 is 10.7. The lowest BCUT2D eigenvalue weighted by molar-refractivity contribution is -0.126. The van der Waals surface area contributed by atoms with Crippen molar-refractivity contribution in [2.45, 2.75) is 13.3 Å². The third-order valence-corrected chi connectivity index (χ3v) is 3.69. The topological polar surface area (TPSA) is 89.0 Å². The molecule has 2 N–H and O–H groups in total. The summed E-state index contributed by atoms with van der Waals surface area (Å²) in [5.41, 5.74) is 3.46. The molecule has 0 fully saturated rings. The van der Waals surface area contributed by atoms with Crippen LogP contribution in [0.1, 0.15) is 18.9 Å². The summed E-state index contributed by atoms with van der Waals surface area (Å²) in [7, 11) is 1.56. The highest BCUT2D eigenvalue weighted by Gasteiger charge is 2.10. The van der Waals surface area contributed by atoms with Crippen LogP contribution in [0.2, 0.25) is 5.02 Å². The third-order valence-electron chi connectivity index (χ3n) is 3.36. The molecule has 0 aliphatic rings. The molecule has 2 aromatic carbocycles. The lowest BCUT2D eigenvalue weighted by Crippen LogP contribution is -2.24. The number of nitrogens with one attached hydrogen (secondary N) is 2. The van der Waals surface area contributed by atoms with Crippen molar-refractivity contribution in [2.24, 2.45) is 5.10 Å². The van der Waals surface area contributed by atoms with Crippen LogP contribution >= 0.6 is 11.6 Å². The van der Waals surface area contributed by atoms with E-state index >= 15 is 0 Å². The summed E-state index contributed by atoms with van der Waals surface area (Å²) in [5, 5.41) is 6.82. The highest BCUT2D eigenvalue weighted by Crippen LogP contribution is 2.27. The summed E-state index contributed by atoms with van der Waals surface area (Å²) in [5.74, 6) is 0.150. The molecule has 2 rings (SSSR count). The number of hydrogen-bond donors (Lipinski definition) is 2. The van der Waals surface area contributed by atoms with Crippen molar-refractivity contribution in [2.75, 3.05) is 19.0 Å². The van der Waals surface area contributed by atoms with Crippen molar-refractivity contribution in [3.05, 3.63) is 53.1 Å². The van der Waals surface area contributed by atoms with Gasteiger partial charge in [-0.25, -0.2) is 5.43 Å². The van der Waals surface area contributed by atoms with Crippen molar-refractivity contribution in [1.82, 2.24) is 5.43 Å².